The SMILES string of the molecule is COC(=O)CNC(=O)C[C@H](CC(C)C)NC(=O)c1cc(-c2c(OC)cccc2OC)n(CCC2CC2)n1. The molecule has 0 saturated heterocycles. The largest absolute Gasteiger partial charge is 0.496 e. The van der Waals surface area contributed by atoms with E-state index in [2.05, 4.69) is 20.5 Å². The molecule has 0 radical (unpaired) electrons. The lowest BCUT2D eigenvalue weighted by Crippen LogP contribution is -2.41. The van der Waals surface area contributed by atoms with E-state index in [0.29, 0.717) is 30.4 Å². The third kappa shape index (κ3) is 7.96. The Hall–Kier alpha value is -3.56. The molecule has 37 heavy (non-hydrogen) atoms. The van der Waals surface area contributed by atoms with Crippen LogP contribution in [0.3, 0.4) is 0 Å². The Balaban J connectivity index is 1.84. The Morgan fingerprint density at radius 1 is 1.11 bits per heavy atom. The van der Waals surface area contributed by atoms with Crippen molar-refractivity contribution >= 4 is 17.8 Å². The number of amides is 2. The van der Waals surface area contributed by atoms with E-state index in [9.17, 15) is 14.4 Å². The van der Waals surface area contributed by atoms with Crippen LogP contribution in [0.4, 0.5) is 0 Å². The molecule has 1 aliphatic rings. The number of benzene rings is 1. The third-order valence-electron chi connectivity index (χ3n) is 6.32. The van der Waals surface area contributed by atoms with Gasteiger partial charge in [0.1, 0.15) is 18.0 Å². The number of carbonyl (C=O) groups excluding carboxylic acids is 3. The number of carbonyl (C=O) groups is 3. The Kier molecular flexibility index (Phi) is 9.93. The van der Waals surface area contributed by atoms with E-state index in [1.807, 2.05) is 36.7 Å². The molecular formula is C27H38N4O6. The van der Waals surface area contributed by atoms with Crippen LogP contribution < -0.4 is 20.1 Å². The number of rotatable bonds is 14. The van der Waals surface area contributed by atoms with E-state index in [0.717, 1.165) is 17.7 Å². The third-order valence-corrected chi connectivity index (χ3v) is 6.32. The molecule has 1 saturated carbocycles. The minimum absolute atomic E-state index is 0.0382. The summed E-state index contributed by atoms with van der Waals surface area (Å²) < 4.78 is 17.6. The van der Waals surface area contributed by atoms with Crippen LogP contribution in [0.25, 0.3) is 11.3 Å². The van der Waals surface area contributed by atoms with Gasteiger partial charge < -0.3 is 24.8 Å². The van der Waals surface area contributed by atoms with Gasteiger partial charge in [-0.1, -0.05) is 32.8 Å². The van der Waals surface area contributed by atoms with Crippen molar-refractivity contribution in [2.45, 2.75) is 58.5 Å². The lowest BCUT2D eigenvalue weighted by atomic mass is 10.0. The molecule has 2 aromatic rings. The maximum Gasteiger partial charge on any atom is 0.325 e. The summed E-state index contributed by atoms with van der Waals surface area (Å²) in [6.45, 7) is 4.49. The van der Waals surface area contributed by atoms with Gasteiger partial charge in [0.05, 0.1) is 32.6 Å². The smallest absolute Gasteiger partial charge is 0.325 e. The van der Waals surface area contributed by atoms with Gasteiger partial charge in [-0.05, 0) is 42.9 Å². The normalized spacial score (nSPS) is 13.7. The van der Waals surface area contributed by atoms with Crippen molar-refractivity contribution in [1.29, 1.82) is 0 Å². The van der Waals surface area contributed by atoms with Crippen LogP contribution >= 0.6 is 0 Å². The van der Waals surface area contributed by atoms with Gasteiger partial charge in [-0.3, -0.25) is 19.1 Å². The van der Waals surface area contributed by atoms with Crippen LogP contribution in [0.15, 0.2) is 24.3 Å². The van der Waals surface area contributed by atoms with Gasteiger partial charge in [0.25, 0.3) is 5.91 Å². The molecule has 0 unspecified atom stereocenters. The molecule has 10 heteroatoms. The van der Waals surface area contributed by atoms with Gasteiger partial charge in [0.2, 0.25) is 5.91 Å². The molecule has 1 fully saturated rings. The Morgan fingerprint density at radius 2 is 1.78 bits per heavy atom. The number of methoxy groups -OCH3 is 3. The molecule has 202 valence electrons. The summed E-state index contributed by atoms with van der Waals surface area (Å²) >= 11 is 0. The predicted molar refractivity (Wildman–Crippen MR) is 138 cm³/mol. The highest BCUT2D eigenvalue weighted by molar-refractivity contribution is 5.94. The molecular weight excluding hydrogens is 476 g/mol. The molecule has 1 aromatic heterocycles. The molecule has 1 heterocycles. The van der Waals surface area contributed by atoms with E-state index >= 15 is 0 Å². The van der Waals surface area contributed by atoms with Crippen LogP contribution in [0.5, 0.6) is 11.5 Å². The summed E-state index contributed by atoms with van der Waals surface area (Å²) in [5, 5.41) is 10.2. The van der Waals surface area contributed by atoms with E-state index in [-0.39, 0.29) is 36.4 Å². The maximum atomic E-state index is 13.3. The minimum Gasteiger partial charge on any atom is -0.496 e. The zero-order valence-corrected chi connectivity index (χ0v) is 22.3. The van der Waals surface area contributed by atoms with Crippen molar-refractivity contribution in [3.63, 3.8) is 0 Å². The Labute approximate surface area is 218 Å². The fourth-order valence-corrected chi connectivity index (χ4v) is 4.28. The quantitative estimate of drug-likeness (QED) is 0.372. The number of aryl methyl sites for hydroxylation is 1. The Bertz CT molecular complexity index is 1070. The van der Waals surface area contributed by atoms with Crippen LogP contribution in [-0.2, 0) is 20.9 Å². The van der Waals surface area contributed by atoms with Crippen LogP contribution in [0, 0.1) is 11.8 Å². The van der Waals surface area contributed by atoms with Gasteiger partial charge in [-0.15, -0.1) is 0 Å². The number of hydrogen-bond acceptors (Lipinski definition) is 7. The molecule has 3 rings (SSSR count). The predicted octanol–water partition coefficient (Wildman–Crippen LogP) is 3.19. The number of hydrogen-bond donors (Lipinski definition) is 2. The van der Waals surface area contributed by atoms with Crippen LogP contribution in [-0.4, -0.2) is 61.5 Å². The summed E-state index contributed by atoms with van der Waals surface area (Å²) in [5.74, 6) is 0.931. The lowest BCUT2D eigenvalue weighted by Gasteiger charge is -2.19. The zero-order valence-electron chi connectivity index (χ0n) is 22.3. The van der Waals surface area contributed by atoms with Crippen molar-refractivity contribution in [2.75, 3.05) is 27.9 Å². The van der Waals surface area contributed by atoms with Crippen molar-refractivity contribution in [3.05, 3.63) is 30.0 Å². The van der Waals surface area contributed by atoms with Gasteiger partial charge in [0, 0.05) is 19.0 Å². The van der Waals surface area contributed by atoms with Gasteiger partial charge in [0.15, 0.2) is 5.69 Å². The first-order valence-corrected chi connectivity index (χ1v) is 12.7. The number of ether oxygens (including phenoxy) is 3. The van der Waals surface area contributed by atoms with Crippen molar-refractivity contribution < 1.29 is 28.6 Å². The first-order valence-electron chi connectivity index (χ1n) is 12.7. The monoisotopic (exact) mass is 514 g/mol. The highest BCUT2D eigenvalue weighted by Crippen LogP contribution is 2.39. The molecule has 10 nitrogen and oxygen atoms in total. The molecule has 0 aliphatic heterocycles. The average Bonchev–Trinajstić information content (AvgIpc) is 3.61. The summed E-state index contributed by atoms with van der Waals surface area (Å²) in [6.07, 6.45) is 4.04. The number of aromatic nitrogens is 2. The van der Waals surface area contributed by atoms with Crippen molar-refractivity contribution in [1.82, 2.24) is 20.4 Å². The van der Waals surface area contributed by atoms with Crippen LogP contribution in [0.2, 0.25) is 0 Å². The molecule has 2 N–H and O–H groups in total. The number of nitrogens with one attached hydrogen (secondary N) is 2. The highest BCUT2D eigenvalue weighted by atomic mass is 16.5. The second-order valence-corrected chi connectivity index (χ2v) is 9.76. The van der Waals surface area contributed by atoms with Gasteiger partial charge in [-0.25, -0.2) is 0 Å². The summed E-state index contributed by atoms with van der Waals surface area (Å²) in [6, 6.07) is 6.86. The molecule has 1 aliphatic carbocycles. The average molecular weight is 515 g/mol. The second-order valence-electron chi connectivity index (χ2n) is 9.76. The van der Waals surface area contributed by atoms with E-state index in [4.69, 9.17) is 9.47 Å². The molecule has 1 atom stereocenters. The zero-order chi connectivity index (χ0) is 26.9. The maximum absolute atomic E-state index is 13.3. The first kappa shape index (κ1) is 28.0. The minimum atomic E-state index is -0.533. The van der Waals surface area contributed by atoms with E-state index in [1.165, 1.54) is 20.0 Å². The summed E-state index contributed by atoms with van der Waals surface area (Å²) in [5.41, 5.74) is 1.72. The standard InChI is InChI=1S/C27H38N4O6/c1-17(2)13-19(14-24(32)28-16-25(33)37-5)29-27(34)20-15-21(31(30-20)12-11-18-9-10-18)26-22(35-3)7-6-8-23(26)36-4/h6-8,15,17-19H,9-14,16H2,1-5H3,(H,28,32)(H,29,34)/t19-/m0/s1. The summed E-state index contributed by atoms with van der Waals surface area (Å²) in [7, 11) is 4.45. The second kappa shape index (κ2) is 13.1. The highest BCUT2D eigenvalue weighted by Gasteiger charge is 2.26. The summed E-state index contributed by atoms with van der Waals surface area (Å²) in [4.78, 5) is 37.1. The van der Waals surface area contributed by atoms with E-state index in [1.54, 1.807) is 20.3 Å². The molecule has 2 amide bonds. The van der Waals surface area contributed by atoms with Gasteiger partial charge >= 0.3 is 5.97 Å². The van der Waals surface area contributed by atoms with E-state index < -0.39 is 12.0 Å². The Morgan fingerprint density at radius 3 is 2.35 bits per heavy atom. The number of nitrogens with zero attached hydrogens (tertiary/aromatic N) is 2. The van der Waals surface area contributed by atoms with Crippen molar-refractivity contribution in [3.8, 4) is 22.8 Å². The topological polar surface area (TPSA) is 121 Å². The molecule has 1 aromatic carbocycles. The molecule has 0 spiro atoms. The van der Waals surface area contributed by atoms with Gasteiger partial charge in [-0.2, -0.15) is 5.10 Å². The fourth-order valence-electron chi connectivity index (χ4n) is 4.28. The first-order chi connectivity index (χ1) is 17.7. The molecule has 0 bridgehead atoms. The number of esters is 1. The van der Waals surface area contributed by atoms with Crippen molar-refractivity contribution in [2.24, 2.45) is 11.8 Å². The fraction of sp³-hybridized carbons (Fsp3) is 0.556. The lowest BCUT2D eigenvalue weighted by molar-refractivity contribution is -0.141. The van der Waals surface area contributed by atoms with Crippen LogP contribution in [0.1, 0.15) is 56.4 Å².